The minimum Gasteiger partial charge on any atom is -0.478 e. The quantitative estimate of drug-likeness (QED) is 0.687. The number of hydrogen-bond acceptors (Lipinski definition) is 5. The smallest absolute Gasteiger partial charge is 0.335 e. The Labute approximate surface area is 123 Å². The van der Waals surface area contributed by atoms with Gasteiger partial charge in [-0.15, -0.1) is 0 Å². The third-order valence-corrected chi connectivity index (χ3v) is 5.11. The Hall–Kier alpha value is -1.64. The highest BCUT2D eigenvalue weighted by Crippen LogP contribution is 2.22. The lowest BCUT2D eigenvalue weighted by Gasteiger charge is -2.15. The molecule has 1 heterocycles. The van der Waals surface area contributed by atoms with Crippen LogP contribution in [0.2, 0.25) is 0 Å². The maximum Gasteiger partial charge on any atom is 0.335 e. The Bertz CT molecular complexity index is 644. The van der Waals surface area contributed by atoms with E-state index in [1.807, 2.05) is 6.92 Å². The van der Waals surface area contributed by atoms with Gasteiger partial charge in [-0.1, -0.05) is 0 Å². The molecule has 1 fully saturated rings. The number of carboxylic acids is 1. The van der Waals surface area contributed by atoms with Crippen molar-refractivity contribution in [1.29, 1.82) is 0 Å². The Morgan fingerprint density at radius 1 is 1.52 bits per heavy atom. The van der Waals surface area contributed by atoms with E-state index in [1.54, 1.807) is 0 Å². The zero-order chi connectivity index (χ0) is 15.6. The molecule has 4 N–H and O–H groups in total. The van der Waals surface area contributed by atoms with E-state index in [1.165, 1.54) is 12.1 Å². The molecule has 21 heavy (non-hydrogen) atoms. The summed E-state index contributed by atoms with van der Waals surface area (Å²) in [6.45, 7) is 2.80. The molecule has 0 aliphatic carbocycles. The van der Waals surface area contributed by atoms with Crippen LogP contribution in [0.5, 0.6) is 0 Å². The average molecular weight is 314 g/mol. The van der Waals surface area contributed by atoms with Gasteiger partial charge in [0.15, 0.2) is 0 Å². The molecular weight excluding hydrogens is 296 g/mol. The van der Waals surface area contributed by atoms with Crippen molar-refractivity contribution in [2.45, 2.75) is 24.3 Å². The van der Waals surface area contributed by atoms with Gasteiger partial charge in [0.05, 0.1) is 17.4 Å². The van der Waals surface area contributed by atoms with Crippen LogP contribution in [0.4, 0.5) is 5.69 Å². The Morgan fingerprint density at radius 2 is 2.24 bits per heavy atom. The molecule has 0 spiro atoms. The molecule has 2 rings (SSSR count). The number of carboxylic acid groups (broad SMARTS) is 1. The fourth-order valence-electron chi connectivity index (χ4n) is 2.26. The van der Waals surface area contributed by atoms with Gasteiger partial charge in [-0.3, -0.25) is 0 Å². The maximum absolute atomic E-state index is 12.2. The average Bonchev–Trinajstić information content (AvgIpc) is 2.81. The highest BCUT2D eigenvalue weighted by atomic mass is 32.2. The Kier molecular flexibility index (Phi) is 4.50. The summed E-state index contributed by atoms with van der Waals surface area (Å²) in [6.07, 6.45) is 0.816. The van der Waals surface area contributed by atoms with Gasteiger partial charge in [-0.2, -0.15) is 0 Å². The number of aromatic carboxylic acids is 1. The first-order valence-electron chi connectivity index (χ1n) is 6.55. The second-order valence-electron chi connectivity index (χ2n) is 5.03. The van der Waals surface area contributed by atoms with Gasteiger partial charge < -0.3 is 15.6 Å². The molecule has 7 nitrogen and oxygen atoms in total. The predicted molar refractivity (Wildman–Crippen MR) is 76.5 cm³/mol. The van der Waals surface area contributed by atoms with Crippen molar-refractivity contribution in [2.75, 3.05) is 18.9 Å². The summed E-state index contributed by atoms with van der Waals surface area (Å²) in [4.78, 5) is 10.7. The third-order valence-electron chi connectivity index (χ3n) is 3.62. The largest absolute Gasteiger partial charge is 0.478 e. The number of nitrogens with two attached hydrogens (primary N) is 1. The molecule has 0 bridgehead atoms. The fourth-order valence-corrected chi connectivity index (χ4v) is 3.47. The third kappa shape index (κ3) is 3.52. The fraction of sp³-hybridized carbons (Fsp3) is 0.462. The summed E-state index contributed by atoms with van der Waals surface area (Å²) >= 11 is 0. The van der Waals surface area contributed by atoms with Crippen LogP contribution in [-0.2, 0) is 14.8 Å². The van der Waals surface area contributed by atoms with Crippen LogP contribution in [-0.4, -0.2) is 38.7 Å². The van der Waals surface area contributed by atoms with Crippen molar-refractivity contribution in [3.05, 3.63) is 23.8 Å². The molecule has 1 aliphatic rings. The van der Waals surface area contributed by atoms with Crippen LogP contribution in [0.25, 0.3) is 0 Å². The van der Waals surface area contributed by atoms with Crippen LogP contribution in [0.3, 0.4) is 0 Å². The van der Waals surface area contributed by atoms with Gasteiger partial charge >= 0.3 is 5.97 Å². The van der Waals surface area contributed by atoms with E-state index in [4.69, 9.17) is 15.6 Å². The first kappa shape index (κ1) is 15.7. The topological polar surface area (TPSA) is 119 Å². The molecule has 2 atom stereocenters. The highest BCUT2D eigenvalue weighted by Gasteiger charge is 2.27. The Morgan fingerprint density at radius 3 is 2.76 bits per heavy atom. The van der Waals surface area contributed by atoms with Crippen molar-refractivity contribution >= 4 is 21.7 Å². The molecular formula is C13H18N2O5S. The number of nitrogen functional groups attached to an aromatic ring is 1. The van der Waals surface area contributed by atoms with E-state index < -0.39 is 16.0 Å². The van der Waals surface area contributed by atoms with Gasteiger partial charge in [0.1, 0.15) is 4.90 Å². The number of ether oxygens (including phenoxy) is 1. The number of sulfonamides is 1. The summed E-state index contributed by atoms with van der Waals surface area (Å²) in [5.41, 5.74) is 5.51. The summed E-state index contributed by atoms with van der Waals surface area (Å²) in [5.74, 6) is -1.03. The standard InChI is InChI=1S/C13H18N2O5S/c1-8-10(4-5-20-8)7-15-21(18,19)12-3-2-9(13(16)17)6-11(12)14/h2-3,6,8,10,15H,4-5,7,14H2,1H3,(H,16,17). The number of hydrogen-bond donors (Lipinski definition) is 3. The number of benzene rings is 1. The molecule has 1 aliphatic heterocycles. The summed E-state index contributed by atoms with van der Waals surface area (Å²) in [7, 11) is -3.77. The minimum absolute atomic E-state index is 0.0134. The molecule has 0 saturated carbocycles. The van der Waals surface area contributed by atoms with Gasteiger partial charge in [0.25, 0.3) is 0 Å². The molecule has 116 valence electrons. The molecule has 1 aromatic rings. The van der Waals surface area contributed by atoms with E-state index >= 15 is 0 Å². The monoisotopic (exact) mass is 314 g/mol. The lowest BCUT2D eigenvalue weighted by atomic mass is 10.0. The van der Waals surface area contributed by atoms with E-state index in [0.29, 0.717) is 6.61 Å². The molecule has 1 aromatic carbocycles. The summed E-state index contributed by atoms with van der Waals surface area (Å²) < 4.78 is 32.3. The number of carbonyl (C=O) groups is 1. The maximum atomic E-state index is 12.2. The van der Waals surface area contributed by atoms with Crippen LogP contribution in [0, 0.1) is 5.92 Å². The summed E-state index contributed by atoms with van der Waals surface area (Å²) in [5, 5.41) is 8.84. The van der Waals surface area contributed by atoms with E-state index in [-0.39, 0.29) is 34.7 Å². The van der Waals surface area contributed by atoms with Crippen molar-refractivity contribution in [1.82, 2.24) is 4.72 Å². The van der Waals surface area contributed by atoms with E-state index in [2.05, 4.69) is 4.72 Å². The van der Waals surface area contributed by atoms with Crippen molar-refractivity contribution < 1.29 is 23.1 Å². The lowest BCUT2D eigenvalue weighted by Crippen LogP contribution is -2.32. The van der Waals surface area contributed by atoms with Gasteiger partial charge in [0.2, 0.25) is 10.0 Å². The van der Waals surface area contributed by atoms with Crippen LogP contribution in [0.15, 0.2) is 23.1 Å². The first-order chi connectivity index (χ1) is 9.81. The zero-order valence-corrected chi connectivity index (χ0v) is 12.4. The van der Waals surface area contributed by atoms with Gasteiger partial charge in [-0.05, 0) is 31.5 Å². The van der Waals surface area contributed by atoms with E-state index in [0.717, 1.165) is 12.5 Å². The molecule has 8 heteroatoms. The zero-order valence-electron chi connectivity index (χ0n) is 11.6. The number of anilines is 1. The predicted octanol–water partition coefficient (Wildman–Crippen LogP) is 0.670. The van der Waals surface area contributed by atoms with Crippen LogP contribution >= 0.6 is 0 Å². The van der Waals surface area contributed by atoms with Crippen LogP contribution in [0.1, 0.15) is 23.7 Å². The minimum atomic E-state index is -3.77. The van der Waals surface area contributed by atoms with Crippen molar-refractivity contribution in [3.63, 3.8) is 0 Å². The SMILES string of the molecule is CC1OCCC1CNS(=O)(=O)c1ccc(C(=O)O)cc1N. The highest BCUT2D eigenvalue weighted by molar-refractivity contribution is 7.89. The molecule has 0 aromatic heterocycles. The summed E-state index contributed by atoms with van der Waals surface area (Å²) in [6, 6.07) is 3.56. The van der Waals surface area contributed by atoms with Gasteiger partial charge in [-0.25, -0.2) is 17.9 Å². The second kappa shape index (κ2) is 6.00. The normalized spacial score (nSPS) is 22.3. The second-order valence-corrected chi connectivity index (χ2v) is 6.77. The molecule has 2 unspecified atom stereocenters. The lowest BCUT2D eigenvalue weighted by molar-refractivity contribution is 0.0696. The number of nitrogens with one attached hydrogen (secondary N) is 1. The Balaban J connectivity index is 2.14. The van der Waals surface area contributed by atoms with Crippen molar-refractivity contribution in [3.8, 4) is 0 Å². The van der Waals surface area contributed by atoms with Crippen LogP contribution < -0.4 is 10.5 Å². The van der Waals surface area contributed by atoms with Gasteiger partial charge in [0, 0.05) is 19.1 Å². The molecule has 0 amide bonds. The van der Waals surface area contributed by atoms with E-state index in [9.17, 15) is 13.2 Å². The molecule has 1 saturated heterocycles. The van der Waals surface area contributed by atoms with Crippen molar-refractivity contribution in [2.24, 2.45) is 5.92 Å². The number of rotatable bonds is 5. The first-order valence-corrected chi connectivity index (χ1v) is 8.03. The molecule has 0 radical (unpaired) electrons.